The molecule has 0 aromatic heterocycles. The second kappa shape index (κ2) is 8.40. The molecule has 3 nitrogen and oxygen atoms in total. The van der Waals surface area contributed by atoms with Gasteiger partial charge in [0.15, 0.2) is 0 Å². The fourth-order valence-electron chi connectivity index (χ4n) is 3.24. The molecule has 0 radical (unpaired) electrons. The summed E-state index contributed by atoms with van der Waals surface area (Å²) in [6, 6.07) is 9.18. The van der Waals surface area contributed by atoms with E-state index < -0.39 is 0 Å². The molecule has 0 amide bonds. The highest BCUT2D eigenvalue weighted by molar-refractivity contribution is 5.46. The van der Waals surface area contributed by atoms with E-state index in [1.807, 2.05) is 0 Å². The molecule has 3 heteroatoms. The molecular formula is C18H29NO2. The van der Waals surface area contributed by atoms with Crippen molar-refractivity contribution in [2.45, 2.75) is 45.8 Å². The summed E-state index contributed by atoms with van der Waals surface area (Å²) in [6.07, 6.45) is 4.04. The average molecular weight is 291 g/mol. The van der Waals surface area contributed by atoms with Crippen LogP contribution in [0.3, 0.4) is 0 Å². The molecule has 0 heterocycles. The maximum absolute atomic E-state index is 5.59. The van der Waals surface area contributed by atoms with Gasteiger partial charge in [0.05, 0.1) is 19.8 Å². The molecular weight excluding hydrogens is 262 g/mol. The molecule has 2 atom stereocenters. The zero-order valence-corrected chi connectivity index (χ0v) is 13.6. The van der Waals surface area contributed by atoms with Gasteiger partial charge in [-0.15, -0.1) is 0 Å². The van der Waals surface area contributed by atoms with Gasteiger partial charge < -0.3 is 14.8 Å². The number of anilines is 1. The van der Waals surface area contributed by atoms with E-state index in [0.29, 0.717) is 25.9 Å². The molecule has 1 aromatic rings. The predicted octanol–water partition coefficient (Wildman–Crippen LogP) is 4.09. The summed E-state index contributed by atoms with van der Waals surface area (Å²) in [5, 5.41) is 3.74. The maximum atomic E-state index is 5.59. The van der Waals surface area contributed by atoms with E-state index in [0.717, 1.165) is 11.8 Å². The number of rotatable bonds is 7. The van der Waals surface area contributed by atoms with Crippen LogP contribution in [0.25, 0.3) is 0 Å². The first-order chi connectivity index (χ1) is 10.2. The first-order valence-corrected chi connectivity index (χ1v) is 8.13. The van der Waals surface area contributed by atoms with E-state index in [1.54, 1.807) is 7.11 Å². The number of methoxy groups -OCH3 is 1. The van der Waals surface area contributed by atoms with E-state index in [9.17, 15) is 0 Å². The van der Waals surface area contributed by atoms with Crippen molar-refractivity contribution in [3.63, 3.8) is 0 Å². The molecule has 0 bridgehead atoms. The zero-order chi connectivity index (χ0) is 15.1. The van der Waals surface area contributed by atoms with Gasteiger partial charge in [0, 0.05) is 18.8 Å². The third kappa shape index (κ3) is 5.01. The van der Waals surface area contributed by atoms with Crippen LogP contribution in [-0.4, -0.2) is 26.4 Å². The molecule has 1 saturated carbocycles. The number of benzene rings is 1. The second-order valence-corrected chi connectivity index (χ2v) is 6.30. The maximum Gasteiger partial charge on any atom is 0.0718 e. The van der Waals surface area contributed by atoms with Crippen LogP contribution in [0.2, 0.25) is 0 Å². The highest BCUT2D eigenvalue weighted by Gasteiger charge is 2.27. The number of nitrogens with one attached hydrogen (secondary N) is 1. The Balaban J connectivity index is 1.90. The van der Waals surface area contributed by atoms with Gasteiger partial charge in [0.1, 0.15) is 0 Å². The highest BCUT2D eigenvalue weighted by Crippen LogP contribution is 2.31. The molecule has 0 spiro atoms. The molecule has 2 unspecified atom stereocenters. The van der Waals surface area contributed by atoms with Crippen molar-refractivity contribution in [2.24, 2.45) is 11.8 Å². The van der Waals surface area contributed by atoms with Crippen LogP contribution in [-0.2, 0) is 16.1 Å². The fourth-order valence-corrected chi connectivity index (χ4v) is 3.24. The summed E-state index contributed by atoms with van der Waals surface area (Å²) in [7, 11) is 1.69. The van der Waals surface area contributed by atoms with Gasteiger partial charge in [-0.2, -0.15) is 0 Å². The molecule has 1 aliphatic rings. The van der Waals surface area contributed by atoms with Gasteiger partial charge in [-0.25, -0.2) is 0 Å². The van der Waals surface area contributed by atoms with Crippen LogP contribution in [0.15, 0.2) is 24.3 Å². The Kier molecular flexibility index (Phi) is 6.52. The van der Waals surface area contributed by atoms with E-state index >= 15 is 0 Å². The smallest absolute Gasteiger partial charge is 0.0718 e. The van der Waals surface area contributed by atoms with Crippen molar-refractivity contribution >= 4 is 5.69 Å². The first kappa shape index (κ1) is 16.3. The zero-order valence-electron chi connectivity index (χ0n) is 13.6. The van der Waals surface area contributed by atoms with Crippen LogP contribution < -0.4 is 5.32 Å². The monoisotopic (exact) mass is 291 g/mol. The van der Waals surface area contributed by atoms with Gasteiger partial charge >= 0.3 is 0 Å². The molecule has 0 saturated heterocycles. The Bertz CT molecular complexity index is 411. The molecule has 1 N–H and O–H groups in total. The largest absolute Gasteiger partial charge is 0.382 e. The minimum absolute atomic E-state index is 0.586. The fraction of sp³-hybridized carbons (Fsp3) is 0.667. The molecule has 21 heavy (non-hydrogen) atoms. The molecule has 118 valence electrons. The minimum Gasteiger partial charge on any atom is -0.382 e. The van der Waals surface area contributed by atoms with Crippen LogP contribution in [0.1, 0.15) is 38.7 Å². The molecule has 2 rings (SSSR count). The average Bonchev–Trinajstić information content (AvgIpc) is 2.48. The summed E-state index contributed by atoms with van der Waals surface area (Å²) in [5.74, 6) is 1.49. The number of ether oxygens (including phenoxy) is 2. The molecule has 1 aliphatic carbocycles. The molecule has 1 fully saturated rings. The van der Waals surface area contributed by atoms with Crippen molar-refractivity contribution in [3.8, 4) is 0 Å². The highest BCUT2D eigenvalue weighted by atomic mass is 16.5. The quantitative estimate of drug-likeness (QED) is 0.768. The van der Waals surface area contributed by atoms with E-state index in [2.05, 4.69) is 43.4 Å². The standard InChI is InChI=1S/C18H29NO2/c1-14-6-4-7-15(2)18(14)19-17-9-5-8-16(12-17)13-21-11-10-20-3/h5,8-9,12,14-15,18-19H,4,6-7,10-11,13H2,1-3H3. The van der Waals surface area contributed by atoms with Crippen molar-refractivity contribution in [2.75, 3.05) is 25.6 Å². The first-order valence-electron chi connectivity index (χ1n) is 8.13. The van der Waals surface area contributed by atoms with Gasteiger partial charge in [0.25, 0.3) is 0 Å². The summed E-state index contributed by atoms with van der Waals surface area (Å²) in [4.78, 5) is 0. The lowest BCUT2D eigenvalue weighted by Gasteiger charge is -2.36. The van der Waals surface area contributed by atoms with Crippen LogP contribution in [0.4, 0.5) is 5.69 Å². The number of hydrogen-bond acceptors (Lipinski definition) is 3. The van der Waals surface area contributed by atoms with E-state index in [4.69, 9.17) is 9.47 Å². The third-order valence-corrected chi connectivity index (χ3v) is 4.51. The van der Waals surface area contributed by atoms with Gasteiger partial charge in [-0.3, -0.25) is 0 Å². The van der Waals surface area contributed by atoms with Crippen LogP contribution in [0.5, 0.6) is 0 Å². The SMILES string of the molecule is COCCOCc1cccc(NC2C(C)CCCC2C)c1. The normalized spacial score (nSPS) is 25.8. The lowest BCUT2D eigenvalue weighted by molar-refractivity contribution is 0.0617. The summed E-state index contributed by atoms with van der Waals surface area (Å²) in [6.45, 7) is 6.67. The Morgan fingerprint density at radius 1 is 1.14 bits per heavy atom. The van der Waals surface area contributed by atoms with Gasteiger partial charge in [-0.1, -0.05) is 32.4 Å². The van der Waals surface area contributed by atoms with Gasteiger partial charge in [0.2, 0.25) is 0 Å². The predicted molar refractivity (Wildman–Crippen MR) is 87.6 cm³/mol. The van der Waals surface area contributed by atoms with Gasteiger partial charge in [-0.05, 0) is 42.4 Å². The summed E-state index contributed by atoms with van der Waals surface area (Å²) in [5.41, 5.74) is 2.43. The molecule has 1 aromatic carbocycles. The van der Waals surface area contributed by atoms with Crippen molar-refractivity contribution < 1.29 is 9.47 Å². The Morgan fingerprint density at radius 2 is 1.90 bits per heavy atom. The van der Waals surface area contributed by atoms with Crippen LogP contribution >= 0.6 is 0 Å². The Hall–Kier alpha value is -1.06. The number of hydrogen-bond donors (Lipinski definition) is 1. The minimum atomic E-state index is 0.586. The van der Waals surface area contributed by atoms with Crippen molar-refractivity contribution in [1.82, 2.24) is 0 Å². The van der Waals surface area contributed by atoms with E-state index in [-0.39, 0.29) is 0 Å². The lowest BCUT2D eigenvalue weighted by atomic mass is 9.78. The van der Waals surface area contributed by atoms with E-state index in [1.165, 1.54) is 30.5 Å². The summed E-state index contributed by atoms with van der Waals surface area (Å²) >= 11 is 0. The van der Waals surface area contributed by atoms with Crippen molar-refractivity contribution in [3.05, 3.63) is 29.8 Å². The van der Waals surface area contributed by atoms with Crippen LogP contribution in [0, 0.1) is 11.8 Å². The van der Waals surface area contributed by atoms with Crippen molar-refractivity contribution in [1.29, 1.82) is 0 Å². The third-order valence-electron chi connectivity index (χ3n) is 4.51. The summed E-state index contributed by atoms with van der Waals surface area (Å²) < 4.78 is 10.6. The Labute approximate surface area is 129 Å². The lowest BCUT2D eigenvalue weighted by Crippen LogP contribution is -2.37. The molecule has 0 aliphatic heterocycles. The topological polar surface area (TPSA) is 30.5 Å². The Morgan fingerprint density at radius 3 is 2.62 bits per heavy atom. The second-order valence-electron chi connectivity index (χ2n) is 6.30.